The van der Waals surface area contributed by atoms with Crippen LogP contribution >= 0.6 is 0 Å². The maximum atomic E-state index is 11.4. The van der Waals surface area contributed by atoms with Crippen LogP contribution < -0.4 is 0 Å². The number of hydrogen-bond donors (Lipinski definition) is 1. The van der Waals surface area contributed by atoms with Gasteiger partial charge in [0, 0.05) is 12.3 Å². The van der Waals surface area contributed by atoms with Crippen LogP contribution in [0.2, 0.25) is 0 Å². The molecule has 1 unspecified atom stereocenters. The molecule has 0 spiro atoms. The van der Waals surface area contributed by atoms with E-state index in [1.54, 1.807) is 0 Å². The van der Waals surface area contributed by atoms with Gasteiger partial charge in [-0.1, -0.05) is 13.8 Å². The van der Waals surface area contributed by atoms with Gasteiger partial charge in [0.1, 0.15) is 0 Å². The molecule has 92 valence electrons. The van der Waals surface area contributed by atoms with Crippen LogP contribution in [0.5, 0.6) is 0 Å². The zero-order valence-corrected chi connectivity index (χ0v) is 10.3. The molecule has 5 heteroatoms. The van der Waals surface area contributed by atoms with Crippen molar-refractivity contribution in [3.05, 3.63) is 0 Å². The van der Waals surface area contributed by atoms with Gasteiger partial charge in [-0.3, -0.25) is 4.79 Å². The van der Waals surface area contributed by atoms with Gasteiger partial charge in [-0.2, -0.15) is 5.10 Å². The molecular formula is C11H21N3O2. The normalized spacial score (nSPS) is 18.2. The molecule has 16 heavy (non-hydrogen) atoms. The molecule has 0 bridgehead atoms. The molecule has 0 radical (unpaired) electrons. The first-order valence-corrected chi connectivity index (χ1v) is 5.81. The lowest BCUT2D eigenvalue weighted by atomic mass is 10.3. The summed E-state index contributed by atoms with van der Waals surface area (Å²) in [6.07, 6.45) is -0.142. The highest BCUT2D eigenvalue weighted by molar-refractivity contribution is 6.03. The summed E-state index contributed by atoms with van der Waals surface area (Å²) in [6, 6.07) is 0. The van der Waals surface area contributed by atoms with Gasteiger partial charge in [-0.15, -0.1) is 0 Å². The Labute approximate surface area is 96.7 Å². The molecule has 5 nitrogen and oxygen atoms in total. The van der Waals surface area contributed by atoms with Gasteiger partial charge in [0.2, 0.25) is 5.91 Å². The number of aliphatic hydroxyl groups is 1. The van der Waals surface area contributed by atoms with Gasteiger partial charge in [0.15, 0.2) is 0 Å². The Morgan fingerprint density at radius 1 is 1.50 bits per heavy atom. The number of hydrogen-bond acceptors (Lipinski definition) is 4. The van der Waals surface area contributed by atoms with E-state index in [2.05, 4.69) is 23.8 Å². The third-order valence-corrected chi connectivity index (χ3v) is 2.73. The Kier molecular flexibility index (Phi) is 4.89. The molecule has 0 aliphatic carbocycles. The van der Waals surface area contributed by atoms with E-state index in [0.29, 0.717) is 19.5 Å². The minimum absolute atomic E-state index is 0.0175. The molecule has 1 aliphatic heterocycles. The van der Waals surface area contributed by atoms with E-state index < -0.39 is 6.10 Å². The number of hydrazone groups is 1. The number of β-amino-alcohol motifs (C(OH)–C–C–N with tert-alkyl or cyclic N) is 1. The Bertz CT molecular complexity index is 274. The van der Waals surface area contributed by atoms with Crippen LogP contribution in [-0.2, 0) is 4.79 Å². The third kappa shape index (κ3) is 3.57. The molecule has 0 saturated heterocycles. The molecule has 0 fully saturated rings. The third-order valence-electron chi connectivity index (χ3n) is 2.73. The topological polar surface area (TPSA) is 56.1 Å². The molecule has 0 aromatic carbocycles. The Morgan fingerprint density at radius 2 is 2.12 bits per heavy atom. The summed E-state index contributed by atoms with van der Waals surface area (Å²) in [6.45, 7) is 8.64. The molecular weight excluding hydrogens is 206 g/mol. The van der Waals surface area contributed by atoms with Gasteiger partial charge in [0.25, 0.3) is 0 Å². The minimum Gasteiger partial charge on any atom is -0.390 e. The van der Waals surface area contributed by atoms with Crippen LogP contribution in [0.1, 0.15) is 27.2 Å². The van der Waals surface area contributed by atoms with Crippen LogP contribution in [0.25, 0.3) is 0 Å². The van der Waals surface area contributed by atoms with Gasteiger partial charge >= 0.3 is 0 Å². The number of amides is 1. The second kappa shape index (κ2) is 5.96. The summed E-state index contributed by atoms with van der Waals surface area (Å²) in [5.74, 6) is -0.0175. The van der Waals surface area contributed by atoms with Crippen LogP contribution in [0.3, 0.4) is 0 Å². The van der Waals surface area contributed by atoms with Crippen molar-refractivity contribution < 1.29 is 9.90 Å². The Balaban J connectivity index is 2.39. The summed E-state index contributed by atoms with van der Waals surface area (Å²) in [7, 11) is 0. The highest BCUT2D eigenvalue weighted by Gasteiger charge is 2.23. The van der Waals surface area contributed by atoms with Crippen LogP contribution in [-0.4, -0.2) is 58.9 Å². The molecule has 0 aromatic rings. The molecule has 1 N–H and O–H groups in total. The smallest absolute Gasteiger partial charge is 0.248 e. The van der Waals surface area contributed by atoms with Gasteiger partial charge < -0.3 is 10.0 Å². The largest absolute Gasteiger partial charge is 0.390 e. The van der Waals surface area contributed by atoms with E-state index in [4.69, 9.17) is 0 Å². The first-order chi connectivity index (χ1) is 7.56. The van der Waals surface area contributed by atoms with Crippen LogP contribution in [0.4, 0.5) is 0 Å². The second-order valence-electron chi connectivity index (χ2n) is 4.13. The fourth-order valence-electron chi connectivity index (χ4n) is 1.79. The van der Waals surface area contributed by atoms with Gasteiger partial charge in [-0.25, -0.2) is 5.01 Å². The summed E-state index contributed by atoms with van der Waals surface area (Å²) in [5.41, 5.74) is 0.819. The van der Waals surface area contributed by atoms with E-state index in [9.17, 15) is 9.90 Å². The summed E-state index contributed by atoms with van der Waals surface area (Å²) in [5, 5.41) is 15.3. The molecule has 0 saturated carbocycles. The summed E-state index contributed by atoms with van der Waals surface area (Å²) >= 11 is 0. The zero-order valence-electron chi connectivity index (χ0n) is 10.3. The van der Waals surface area contributed by atoms with Crippen molar-refractivity contribution in [2.24, 2.45) is 5.10 Å². The Morgan fingerprint density at radius 3 is 2.56 bits per heavy atom. The zero-order chi connectivity index (χ0) is 12.1. The van der Waals surface area contributed by atoms with Crippen LogP contribution in [0.15, 0.2) is 5.10 Å². The van der Waals surface area contributed by atoms with Crippen molar-refractivity contribution in [3.8, 4) is 0 Å². The molecule has 1 rings (SSSR count). The number of aliphatic hydroxyl groups excluding tert-OH is 1. The molecule has 1 amide bonds. The summed E-state index contributed by atoms with van der Waals surface area (Å²) < 4.78 is 0. The lowest BCUT2D eigenvalue weighted by molar-refractivity contribution is -0.130. The van der Waals surface area contributed by atoms with Crippen LogP contribution in [0, 0.1) is 0 Å². The highest BCUT2D eigenvalue weighted by Crippen LogP contribution is 2.08. The minimum atomic E-state index is -0.529. The number of carbonyl (C=O) groups is 1. The van der Waals surface area contributed by atoms with E-state index in [1.807, 2.05) is 6.92 Å². The molecule has 1 heterocycles. The fourth-order valence-corrected chi connectivity index (χ4v) is 1.79. The van der Waals surface area contributed by atoms with Crippen molar-refractivity contribution in [1.29, 1.82) is 0 Å². The first kappa shape index (κ1) is 13.1. The lowest BCUT2D eigenvalue weighted by Crippen LogP contribution is -2.39. The van der Waals surface area contributed by atoms with E-state index in [-0.39, 0.29) is 5.91 Å². The fraction of sp³-hybridized carbons (Fsp3) is 0.818. The number of nitrogens with zero attached hydrogens (tertiary/aromatic N) is 3. The Hall–Kier alpha value is -0.940. The maximum Gasteiger partial charge on any atom is 0.248 e. The molecule has 1 atom stereocenters. The predicted molar refractivity (Wildman–Crippen MR) is 63.2 cm³/mol. The predicted octanol–water partition coefficient (Wildman–Crippen LogP) is 0.297. The quantitative estimate of drug-likeness (QED) is 0.710. The number of likely N-dealkylation sites (N-methyl/N-ethyl adjacent to an activating group) is 1. The van der Waals surface area contributed by atoms with Crippen molar-refractivity contribution in [3.63, 3.8) is 0 Å². The second-order valence-corrected chi connectivity index (χ2v) is 4.13. The monoisotopic (exact) mass is 227 g/mol. The number of carbonyl (C=O) groups excluding carboxylic acids is 1. The van der Waals surface area contributed by atoms with Gasteiger partial charge in [-0.05, 0) is 20.0 Å². The van der Waals surface area contributed by atoms with E-state index in [0.717, 1.165) is 18.8 Å². The van der Waals surface area contributed by atoms with Crippen molar-refractivity contribution >= 4 is 11.6 Å². The van der Waals surface area contributed by atoms with E-state index >= 15 is 0 Å². The first-order valence-electron chi connectivity index (χ1n) is 5.81. The molecule has 0 aromatic heterocycles. The van der Waals surface area contributed by atoms with Crippen molar-refractivity contribution in [1.82, 2.24) is 9.91 Å². The highest BCUT2D eigenvalue weighted by atomic mass is 16.3. The van der Waals surface area contributed by atoms with E-state index in [1.165, 1.54) is 5.01 Å². The van der Waals surface area contributed by atoms with Crippen molar-refractivity contribution in [2.45, 2.75) is 33.3 Å². The molecule has 1 aliphatic rings. The average Bonchev–Trinajstić information content (AvgIpc) is 2.54. The number of rotatable bonds is 6. The average molecular weight is 227 g/mol. The maximum absolute atomic E-state index is 11.4. The standard InChI is InChI=1S/C11H21N3O2/c1-4-13(5-2)7-10(15)8-14-11(16)6-9(3)12-14/h10,15H,4-8H2,1-3H3. The van der Waals surface area contributed by atoms with Gasteiger partial charge in [0.05, 0.1) is 19.1 Å². The lowest BCUT2D eigenvalue weighted by Gasteiger charge is -2.23. The summed E-state index contributed by atoms with van der Waals surface area (Å²) in [4.78, 5) is 13.6. The SMILES string of the molecule is CCN(CC)CC(O)CN1N=C(C)CC1=O. The van der Waals surface area contributed by atoms with Crippen molar-refractivity contribution in [2.75, 3.05) is 26.2 Å².